The number of aliphatic hydroxyl groups is 1. The molecule has 2 nitrogen and oxygen atoms in total. The average Bonchev–Trinajstić information content (AvgIpc) is 2.17. The van der Waals surface area contributed by atoms with Crippen LogP contribution in [-0.2, 0) is 5.41 Å². The molecule has 0 aliphatic carbocycles. The summed E-state index contributed by atoms with van der Waals surface area (Å²) in [6.07, 6.45) is 0.722. The molecule has 1 N–H and O–H groups in total. The van der Waals surface area contributed by atoms with Crippen molar-refractivity contribution in [2.45, 2.75) is 45.6 Å². The minimum Gasteiger partial charge on any atom is -0.491 e. The first-order valence-electron chi connectivity index (χ1n) is 5.81. The molecule has 0 aliphatic heterocycles. The van der Waals surface area contributed by atoms with Crippen molar-refractivity contribution in [3.05, 3.63) is 29.8 Å². The summed E-state index contributed by atoms with van der Waals surface area (Å²) in [5, 5.41) is 8.82. The van der Waals surface area contributed by atoms with Gasteiger partial charge in [-0.3, -0.25) is 0 Å². The largest absolute Gasteiger partial charge is 0.491 e. The molecule has 0 heterocycles. The Morgan fingerprint density at radius 3 is 2.56 bits per heavy atom. The Bertz CT molecular complexity index is 326. The van der Waals surface area contributed by atoms with Crippen LogP contribution in [0.25, 0.3) is 0 Å². The summed E-state index contributed by atoms with van der Waals surface area (Å²) in [5.41, 5.74) is 1.40. The highest BCUT2D eigenvalue weighted by atomic mass is 16.5. The van der Waals surface area contributed by atoms with Gasteiger partial charge in [0.1, 0.15) is 5.75 Å². The summed E-state index contributed by atoms with van der Waals surface area (Å²) in [4.78, 5) is 0. The highest BCUT2D eigenvalue weighted by Crippen LogP contribution is 2.26. The normalized spacial score (nSPS) is 13.6. The van der Waals surface area contributed by atoms with Crippen LogP contribution in [0.2, 0.25) is 0 Å². The minimum atomic E-state index is 0.0558. The molecule has 0 aromatic heterocycles. The van der Waals surface area contributed by atoms with Crippen LogP contribution >= 0.6 is 0 Å². The van der Waals surface area contributed by atoms with Crippen LogP contribution in [0.4, 0.5) is 0 Å². The molecule has 0 fully saturated rings. The zero-order valence-corrected chi connectivity index (χ0v) is 10.7. The van der Waals surface area contributed by atoms with Gasteiger partial charge in [0.2, 0.25) is 0 Å². The number of aliphatic hydroxyl groups excluding tert-OH is 1. The highest BCUT2D eigenvalue weighted by Gasteiger charge is 2.14. The van der Waals surface area contributed by atoms with E-state index in [1.165, 1.54) is 5.56 Å². The highest BCUT2D eigenvalue weighted by molar-refractivity contribution is 5.32. The lowest BCUT2D eigenvalue weighted by atomic mass is 9.87. The van der Waals surface area contributed by atoms with Gasteiger partial charge < -0.3 is 9.84 Å². The molecule has 0 saturated heterocycles. The smallest absolute Gasteiger partial charge is 0.119 e. The van der Waals surface area contributed by atoms with Crippen LogP contribution in [0.5, 0.6) is 5.75 Å². The molecule has 1 unspecified atom stereocenters. The van der Waals surface area contributed by atoms with Gasteiger partial charge in [0.15, 0.2) is 0 Å². The Balaban J connectivity index is 2.75. The summed E-state index contributed by atoms with van der Waals surface area (Å²) >= 11 is 0. The van der Waals surface area contributed by atoms with Crippen molar-refractivity contribution in [1.82, 2.24) is 0 Å². The molecular weight excluding hydrogens is 200 g/mol. The number of hydrogen-bond acceptors (Lipinski definition) is 2. The third-order valence-electron chi connectivity index (χ3n) is 2.57. The van der Waals surface area contributed by atoms with Crippen molar-refractivity contribution < 1.29 is 9.84 Å². The van der Waals surface area contributed by atoms with Gasteiger partial charge in [-0.2, -0.15) is 0 Å². The monoisotopic (exact) mass is 222 g/mol. The van der Waals surface area contributed by atoms with Crippen molar-refractivity contribution in [2.75, 3.05) is 6.61 Å². The molecule has 0 bridgehead atoms. The lowest BCUT2D eigenvalue weighted by Gasteiger charge is -2.21. The standard InChI is InChI=1S/C14H22O2/c1-11(8-9-15)16-13-7-5-6-12(10-13)14(2,3)4/h5-7,10-11,15H,8-9H2,1-4H3. The molecule has 0 amide bonds. The molecule has 2 heteroatoms. The van der Waals surface area contributed by atoms with Crippen molar-refractivity contribution >= 4 is 0 Å². The quantitative estimate of drug-likeness (QED) is 0.848. The Morgan fingerprint density at radius 2 is 2.00 bits per heavy atom. The van der Waals surface area contributed by atoms with Gasteiger partial charge in [-0.15, -0.1) is 0 Å². The van der Waals surface area contributed by atoms with Gasteiger partial charge >= 0.3 is 0 Å². The number of benzene rings is 1. The fourth-order valence-electron chi connectivity index (χ4n) is 1.51. The van der Waals surface area contributed by atoms with Gasteiger partial charge in [0, 0.05) is 13.0 Å². The molecule has 1 rings (SSSR count). The fraction of sp³-hybridized carbons (Fsp3) is 0.571. The summed E-state index contributed by atoms with van der Waals surface area (Å²) in [7, 11) is 0. The lowest BCUT2D eigenvalue weighted by Crippen LogP contribution is -2.15. The molecule has 0 aliphatic rings. The van der Waals surface area contributed by atoms with Gasteiger partial charge in [0.05, 0.1) is 6.10 Å². The van der Waals surface area contributed by atoms with Crippen LogP contribution in [0.1, 0.15) is 39.7 Å². The van der Waals surface area contributed by atoms with Crippen molar-refractivity contribution in [2.24, 2.45) is 0 Å². The van der Waals surface area contributed by atoms with E-state index >= 15 is 0 Å². The predicted octanol–water partition coefficient (Wildman–Crippen LogP) is 3.13. The topological polar surface area (TPSA) is 29.5 Å². The molecule has 0 saturated carbocycles. The van der Waals surface area contributed by atoms with Gasteiger partial charge in [-0.05, 0) is 30.0 Å². The predicted molar refractivity (Wildman–Crippen MR) is 66.9 cm³/mol. The summed E-state index contributed by atoms with van der Waals surface area (Å²) in [6.45, 7) is 8.69. The maximum absolute atomic E-state index is 8.82. The van der Waals surface area contributed by atoms with Crippen LogP contribution < -0.4 is 4.74 Å². The van der Waals surface area contributed by atoms with E-state index in [9.17, 15) is 0 Å². The van der Waals surface area contributed by atoms with Crippen LogP contribution in [0.15, 0.2) is 24.3 Å². The second kappa shape index (κ2) is 5.35. The van der Waals surface area contributed by atoms with Crippen molar-refractivity contribution in [3.8, 4) is 5.75 Å². The minimum absolute atomic E-state index is 0.0558. The van der Waals surface area contributed by atoms with Crippen LogP contribution in [0.3, 0.4) is 0 Å². The molecule has 1 atom stereocenters. The first-order valence-corrected chi connectivity index (χ1v) is 5.81. The molecule has 1 aromatic carbocycles. The zero-order valence-electron chi connectivity index (χ0n) is 10.7. The molecule has 1 aromatic rings. The summed E-state index contributed by atoms with van der Waals surface area (Å²) < 4.78 is 5.73. The molecular formula is C14H22O2. The number of ether oxygens (including phenoxy) is 1. The van der Waals surface area contributed by atoms with E-state index in [-0.39, 0.29) is 18.1 Å². The van der Waals surface area contributed by atoms with Crippen molar-refractivity contribution in [1.29, 1.82) is 0 Å². The number of rotatable bonds is 4. The van der Waals surface area contributed by atoms with Crippen LogP contribution in [-0.4, -0.2) is 17.8 Å². The second-order valence-electron chi connectivity index (χ2n) is 5.22. The Labute approximate surface area is 98.3 Å². The summed E-state index contributed by atoms with van der Waals surface area (Å²) in [5.74, 6) is 0.883. The summed E-state index contributed by atoms with van der Waals surface area (Å²) in [6, 6.07) is 8.17. The molecule has 90 valence electrons. The average molecular weight is 222 g/mol. The second-order valence-corrected chi connectivity index (χ2v) is 5.22. The Kier molecular flexibility index (Phi) is 4.36. The lowest BCUT2D eigenvalue weighted by molar-refractivity contribution is 0.168. The fourth-order valence-corrected chi connectivity index (χ4v) is 1.51. The Hall–Kier alpha value is -1.02. The SMILES string of the molecule is CC(CCO)Oc1cccc(C(C)(C)C)c1. The maximum atomic E-state index is 8.82. The maximum Gasteiger partial charge on any atom is 0.119 e. The van der Waals surface area contributed by atoms with E-state index < -0.39 is 0 Å². The van der Waals surface area contributed by atoms with E-state index in [0.717, 1.165) is 5.75 Å². The van der Waals surface area contributed by atoms with E-state index in [1.54, 1.807) is 0 Å². The molecule has 16 heavy (non-hydrogen) atoms. The van der Waals surface area contributed by atoms with E-state index in [0.29, 0.717) is 6.42 Å². The van der Waals surface area contributed by atoms with Crippen LogP contribution in [0, 0.1) is 0 Å². The third kappa shape index (κ3) is 3.86. The molecule has 0 spiro atoms. The van der Waals surface area contributed by atoms with Gasteiger partial charge in [-0.25, -0.2) is 0 Å². The number of hydrogen-bond donors (Lipinski definition) is 1. The first kappa shape index (κ1) is 13.0. The van der Waals surface area contributed by atoms with E-state index in [1.807, 2.05) is 19.1 Å². The third-order valence-corrected chi connectivity index (χ3v) is 2.57. The van der Waals surface area contributed by atoms with Gasteiger partial charge in [-0.1, -0.05) is 32.9 Å². The van der Waals surface area contributed by atoms with E-state index in [4.69, 9.17) is 9.84 Å². The zero-order chi connectivity index (χ0) is 12.2. The van der Waals surface area contributed by atoms with Crippen molar-refractivity contribution in [3.63, 3.8) is 0 Å². The molecule has 0 radical (unpaired) electrons. The van der Waals surface area contributed by atoms with E-state index in [2.05, 4.69) is 32.9 Å². The first-order chi connectivity index (χ1) is 7.43. The van der Waals surface area contributed by atoms with Gasteiger partial charge in [0.25, 0.3) is 0 Å². The Morgan fingerprint density at radius 1 is 1.31 bits per heavy atom.